The van der Waals surface area contributed by atoms with Crippen molar-refractivity contribution in [2.75, 3.05) is 6.54 Å². The van der Waals surface area contributed by atoms with Gasteiger partial charge in [-0.15, -0.1) is 11.3 Å². The fourth-order valence-corrected chi connectivity index (χ4v) is 3.45. The molecule has 1 N–H and O–H groups in total. The van der Waals surface area contributed by atoms with Gasteiger partial charge in [-0.3, -0.25) is 4.90 Å². The number of carboxylic acid groups (broad SMARTS) is 1. The van der Waals surface area contributed by atoms with Crippen molar-refractivity contribution < 1.29 is 9.90 Å². The minimum absolute atomic E-state index is 0.445. The Morgan fingerprint density at radius 1 is 1.59 bits per heavy atom. The van der Waals surface area contributed by atoms with Crippen molar-refractivity contribution in [2.45, 2.75) is 39.3 Å². The number of likely N-dealkylation sites (tertiary alicyclic amines) is 1. The molecule has 3 nitrogen and oxygen atoms in total. The number of carbonyl (C=O) groups is 1. The summed E-state index contributed by atoms with van der Waals surface area (Å²) in [6, 6.07) is 4.32. The number of thiophene rings is 1. The highest BCUT2D eigenvalue weighted by Crippen LogP contribution is 2.27. The number of carboxylic acids is 1. The molecular formula is C13H19NO2S. The van der Waals surface area contributed by atoms with Gasteiger partial charge in [-0.1, -0.05) is 13.8 Å². The van der Waals surface area contributed by atoms with Crippen molar-refractivity contribution in [3.63, 3.8) is 0 Å². The minimum Gasteiger partial charge on any atom is -0.477 e. The number of nitrogens with zero attached hydrogens (tertiary/aromatic N) is 1. The first-order valence-electron chi connectivity index (χ1n) is 6.14. The molecule has 0 spiro atoms. The topological polar surface area (TPSA) is 40.5 Å². The maximum atomic E-state index is 10.8. The van der Waals surface area contributed by atoms with E-state index in [2.05, 4.69) is 18.7 Å². The summed E-state index contributed by atoms with van der Waals surface area (Å²) in [6.07, 6.45) is 2.54. The Morgan fingerprint density at radius 3 is 2.94 bits per heavy atom. The van der Waals surface area contributed by atoms with E-state index in [9.17, 15) is 4.79 Å². The zero-order valence-corrected chi connectivity index (χ0v) is 11.2. The van der Waals surface area contributed by atoms with E-state index < -0.39 is 5.97 Å². The van der Waals surface area contributed by atoms with Gasteiger partial charge in [0.1, 0.15) is 4.88 Å². The number of hydrogen-bond donors (Lipinski definition) is 1. The smallest absolute Gasteiger partial charge is 0.345 e. The van der Waals surface area contributed by atoms with Crippen molar-refractivity contribution in [1.82, 2.24) is 4.90 Å². The van der Waals surface area contributed by atoms with Crippen LogP contribution < -0.4 is 0 Å². The Balaban J connectivity index is 2.02. The van der Waals surface area contributed by atoms with Crippen LogP contribution in [0.25, 0.3) is 0 Å². The molecule has 1 aromatic heterocycles. The normalized spacial score (nSPS) is 21.2. The van der Waals surface area contributed by atoms with E-state index in [1.807, 2.05) is 6.07 Å². The highest BCUT2D eigenvalue weighted by molar-refractivity contribution is 7.13. The summed E-state index contributed by atoms with van der Waals surface area (Å²) in [7, 11) is 0. The predicted octanol–water partition coefficient (Wildman–Crippen LogP) is 3.07. The molecule has 1 atom stereocenters. The van der Waals surface area contributed by atoms with Crippen LogP contribution in [0.15, 0.2) is 12.1 Å². The summed E-state index contributed by atoms with van der Waals surface area (Å²) < 4.78 is 0. The van der Waals surface area contributed by atoms with Crippen molar-refractivity contribution >= 4 is 17.3 Å². The summed E-state index contributed by atoms with van der Waals surface area (Å²) >= 11 is 1.40. The molecule has 4 heteroatoms. The lowest BCUT2D eigenvalue weighted by Gasteiger charge is -2.26. The third kappa shape index (κ3) is 2.87. The SMILES string of the molecule is CC(C)C1CCCN1Cc1ccc(C(=O)O)s1. The molecule has 1 saturated heterocycles. The second-order valence-electron chi connectivity index (χ2n) is 5.00. The van der Waals surface area contributed by atoms with Gasteiger partial charge in [-0.2, -0.15) is 0 Å². The largest absolute Gasteiger partial charge is 0.477 e. The standard InChI is InChI=1S/C13H19NO2S/c1-9(2)11-4-3-7-14(11)8-10-5-6-12(17-10)13(15)16/h5-6,9,11H,3-4,7-8H2,1-2H3,(H,15,16). The third-order valence-electron chi connectivity index (χ3n) is 3.42. The van der Waals surface area contributed by atoms with Crippen LogP contribution in [0, 0.1) is 5.92 Å². The van der Waals surface area contributed by atoms with Gasteiger partial charge in [-0.25, -0.2) is 4.79 Å². The average molecular weight is 253 g/mol. The Morgan fingerprint density at radius 2 is 2.35 bits per heavy atom. The summed E-state index contributed by atoms with van der Waals surface area (Å²) in [6.45, 7) is 6.57. The van der Waals surface area contributed by atoms with Crippen molar-refractivity contribution in [3.05, 3.63) is 21.9 Å². The van der Waals surface area contributed by atoms with Gasteiger partial charge >= 0.3 is 5.97 Å². The molecule has 0 aromatic carbocycles. The van der Waals surface area contributed by atoms with Crippen LogP contribution in [0.5, 0.6) is 0 Å². The van der Waals surface area contributed by atoms with Crippen LogP contribution in [-0.4, -0.2) is 28.6 Å². The van der Waals surface area contributed by atoms with Gasteiger partial charge < -0.3 is 5.11 Å². The first kappa shape index (κ1) is 12.6. The quantitative estimate of drug-likeness (QED) is 0.896. The molecular weight excluding hydrogens is 234 g/mol. The number of aromatic carboxylic acids is 1. The van der Waals surface area contributed by atoms with Gasteiger partial charge in [0.15, 0.2) is 0 Å². The molecule has 1 aromatic rings. The van der Waals surface area contributed by atoms with E-state index in [1.54, 1.807) is 6.07 Å². The Hall–Kier alpha value is -0.870. The molecule has 0 amide bonds. The zero-order chi connectivity index (χ0) is 12.4. The molecule has 94 valence electrons. The maximum Gasteiger partial charge on any atom is 0.345 e. The lowest BCUT2D eigenvalue weighted by Crippen LogP contribution is -2.32. The van der Waals surface area contributed by atoms with E-state index >= 15 is 0 Å². The molecule has 0 aliphatic carbocycles. The molecule has 1 aliphatic heterocycles. The van der Waals surface area contributed by atoms with Gasteiger partial charge in [0.05, 0.1) is 0 Å². The molecule has 0 saturated carbocycles. The molecule has 2 heterocycles. The van der Waals surface area contributed by atoms with E-state index in [-0.39, 0.29) is 0 Å². The molecule has 1 aliphatic rings. The molecule has 1 unspecified atom stereocenters. The monoisotopic (exact) mass is 253 g/mol. The minimum atomic E-state index is -0.817. The average Bonchev–Trinajstić information content (AvgIpc) is 2.86. The molecule has 2 rings (SSSR count). The molecule has 17 heavy (non-hydrogen) atoms. The van der Waals surface area contributed by atoms with E-state index in [0.29, 0.717) is 16.8 Å². The second-order valence-corrected chi connectivity index (χ2v) is 6.16. The summed E-state index contributed by atoms with van der Waals surface area (Å²) in [5, 5.41) is 8.90. The highest BCUT2D eigenvalue weighted by atomic mass is 32.1. The van der Waals surface area contributed by atoms with Crippen LogP contribution >= 0.6 is 11.3 Å². The van der Waals surface area contributed by atoms with Gasteiger partial charge in [0, 0.05) is 17.5 Å². The number of rotatable bonds is 4. The zero-order valence-electron chi connectivity index (χ0n) is 10.3. The second kappa shape index (κ2) is 5.19. The third-order valence-corrected chi connectivity index (χ3v) is 4.47. The molecule has 1 fully saturated rings. The fraction of sp³-hybridized carbons (Fsp3) is 0.615. The van der Waals surface area contributed by atoms with Crippen LogP contribution in [0.3, 0.4) is 0 Å². The summed E-state index contributed by atoms with van der Waals surface area (Å²) in [4.78, 5) is 14.9. The Kier molecular flexibility index (Phi) is 3.84. The van der Waals surface area contributed by atoms with Crippen LogP contribution in [0.4, 0.5) is 0 Å². The van der Waals surface area contributed by atoms with E-state index in [1.165, 1.54) is 24.2 Å². The van der Waals surface area contributed by atoms with Gasteiger partial charge in [0.2, 0.25) is 0 Å². The van der Waals surface area contributed by atoms with Crippen LogP contribution in [0.2, 0.25) is 0 Å². The Labute approximate surface area is 106 Å². The predicted molar refractivity (Wildman–Crippen MR) is 69.5 cm³/mol. The first-order valence-corrected chi connectivity index (χ1v) is 6.95. The van der Waals surface area contributed by atoms with E-state index in [4.69, 9.17) is 5.11 Å². The maximum absolute atomic E-state index is 10.8. The van der Waals surface area contributed by atoms with Gasteiger partial charge in [-0.05, 0) is 37.4 Å². The van der Waals surface area contributed by atoms with Crippen molar-refractivity contribution in [1.29, 1.82) is 0 Å². The number of hydrogen-bond acceptors (Lipinski definition) is 3. The van der Waals surface area contributed by atoms with Crippen LogP contribution in [0.1, 0.15) is 41.2 Å². The van der Waals surface area contributed by atoms with Crippen molar-refractivity contribution in [3.8, 4) is 0 Å². The summed E-state index contributed by atoms with van der Waals surface area (Å²) in [5.74, 6) is -0.139. The van der Waals surface area contributed by atoms with Crippen LogP contribution in [-0.2, 0) is 6.54 Å². The highest BCUT2D eigenvalue weighted by Gasteiger charge is 2.27. The molecule has 0 bridgehead atoms. The lowest BCUT2D eigenvalue weighted by molar-refractivity contribution is 0.0702. The Bertz CT molecular complexity index is 400. The fourth-order valence-electron chi connectivity index (χ4n) is 2.58. The van der Waals surface area contributed by atoms with E-state index in [0.717, 1.165) is 18.0 Å². The lowest BCUT2D eigenvalue weighted by atomic mass is 10.0. The molecule has 0 radical (unpaired) electrons. The summed E-state index contributed by atoms with van der Waals surface area (Å²) in [5.41, 5.74) is 0. The van der Waals surface area contributed by atoms with Crippen molar-refractivity contribution in [2.24, 2.45) is 5.92 Å². The van der Waals surface area contributed by atoms with Gasteiger partial charge in [0.25, 0.3) is 0 Å². The first-order chi connectivity index (χ1) is 8.08.